The molecule has 2 aromatic rings. The van der Waals surface area contributed by atoms with Gasteiger partial charge in [0.15, 0.2) is 0 Å². The second kappa shape index (κ2) is 7.26. The molecule has 1 saturated carbocycles. The van der Waals surface area contributed by atoms with Gasteiger partial charge in [-0.1, -0.05) is 61.0 Å². The fraction of sp³-hybridized carbons (Fsp3) is 0.391. The minimum Gasteiger partial charge on any atom is -0.508 e. The predicted octanol–water partition coefficient (Wildman–Crippen LogP) is 3.96. The van der Waals surface area contributed by atoms with Crippen LogP contribution >= 0.6 is 0 Å². The molecule has 1 unspecified atom stereocenters. The zero-order chi connectivity index (χ0) is 18.0. The summed E-state index contributed by atoms with van der Waals surface area (Å²) in [5.74, 6) is 0.291. The molecule has 1 aliphatic heterocycles. The van der Waals surface area contributed by atoms with Crippen LogP contribution in [0.2, 0.25) is 0 Å². The number of benzene rings is 2. The smallest absolute Gasteiger partial charge is 0.115 e. The topological polar surface area (TPSA) is 43.7 Å². The summed E-state index contributed by atoms with van der Waals surface area (Å²) in [6.07, 6.45) is 8.09. The monoisotopic (exact) mass is 349 g/mol. The van der Waals surface area contributed by atoms with Gasteiger partial charge in [0.05, 0.1) is 6.10 Å². The largest absolute Gasteiger partial charge is 0.508 e. The lowest BCUT2D eigenvalue weighted by Crippen LogP contribution is -2.61. The standard InChI is InChI=1S/C23H27NO2/c25-20-11-4-10-19(17-20)23-13-5-12-21(22(23)26)24(16-14-23)15-6-9-18-7-2-1-3-8-18/h1-4,6-11,17,21-22,25-26H,5,12-16H2/b9-6+/t21-,22-,23?/m1/s1. The molecule has 0 radical (unpaired) electrons. The van der Waals surface area contributed by atoms with E-state index in [0.29, 0.717) is 5.75 Å². The number of phenols is 1. The van der Waals surface area contributed by atoms with Crippen molar-refractivity contribution in [1.82, 2.24) is 4.90 Å². The Balaban J connectivity index is 1.50. The highest BCUT2D eigenvalue weighted by molar-refractivity contribution is 5.48. The van der Waals surface area contributed by atoms with E-state index in [1.165, 1.54) is 5.56 Å². The van der Waals surface area contributed by atoms with Gasteiger partial charge in [-0.15, -0.1) is 0 Å². The Bertz CT molecular complexity index is 773. The number of hydrogen-bond acceptors (Lipinski definition) is 3. The molecule has 3 atom stereocenters. The summed E-state index contributed by atoms with van der Waals surface area (Å²) in [5, 5.41) is 21.1. The SMILES string of the molecule is Oc1cccc(C23CCC[C@H]([C@H]2O)N(C/C=C/c2ccccc2)CC3)c1. The van der Waals surface area contributed by atoms with Gasteiger partial charge in [-0.25, -0.2) is 0 Å². The third-order valence-electron chi connectivity index (χ3n) is 6.24. The van der Waals surface area contributed by atoms with E-state index in [4.69, 9.17) is 0 Å². The van der Waals surface area contributed by atoms with Crippen molar-refractivity contribution in [3.63, 3.8) is 0 Å². The Morgan fingerprint density at radius 2 is 1.92 bits per heavy atom. The highest BCUT2D eigenvalue weighted by atomic mass is 16.3. The second-order valence-corrected chi connectivity index (χ2v) is 7.67. The first kappa shape index (κ1) is 17.3. The number of aliphatic hydroxyl groups excluding tert-OH is 1. The summed E-state index contributed by atoms with van der Waals surface area (Å²) in [6.45, 7) is 1.85. The molecule has 2 bridgehead atoms. The summed E-state index contributed by atoms with van der Waals surface area (Å²) < 4.78 is 0. The van der Waals surface area contributed by atoms with Crippen LogP contribution in [-0.4, -0.2) is 40.3 Å². The van der Waals surface area contributed by atoms with Crippen molar-refractivity contribution in [3.05, 3.63) is 71.8 Å². The Morgan fingerprint density at radius 3 is 2.73 bits per heavy atom. The van der Waals surface area contributed by atoms with Crippen molar-refractivity contribution in [2.75, 3.05) is 13.1 Å². The maximum absolute atomic E-state index is 11.2. The van der Waals surface area contributed by atoms with E-state index in [0.717, 1.165) is 44.3 Å². The Hall–Kier alpha value is -2.10. The van der Waals surface area contributed by atoms with Crippen LogP contribution in [-0.2, 0) is 5.41 Å². The molecule has 2 N–H and O–H groups in total. The van der Waals surface area contributed by atoms with E-state index >= 15 is 0 Å². The molecule has 2 aliphatic rings. The number of fused-ring (bicyclic) bond motifs is 2. The second-order valence-electron chi connectivity index (χ2n) is 7.67. The highest BCUT2D eigenvalue weighted by Gasteiger charge is 2.50. The molecular formula is C23H27NO2. The molecule has 2 aromatic carbocycles. The zero-order valence-corrected chi connectivity index (χ0v) is 15.1. The summed E-state index contributed by atoms with van der Waals surface area (Å²) in [6, 6.07) is 18.0. The zero-order valence-electron chi connectivity index (χ0n) is 15.1. The number of piperidine rings is 1. The van der Waals surface area contributed by atoms with Crippen molar-refractivity contribution in [2.45, 2.75) is 43.2 Å². The Kier molecular flexibility index (Phi) is 4.84. The molecular weight excluding hydrogens is 322 g/mol. The van der Waals surface area contributed by atoms with Gasteiger partial charge in [0.2, 0.25) is 0 Å². The number of aliphatic hydroxyl groups is 1. The molecule has 3 heteroatoms. The van der Waals surface area contributed by atoms with E-state index in [1.54, 1.807) is 6.07 Å². The minimum atomic E-state index is -0.378. The van der Waals surface area contributed by atoms with E-state index in [-0.39, 0.29) is 17.6 Å². The number of aromatic hydroxyl groups is 1. The average Bonchev–Trinajstić information content (AvgIpc) is 2.65. The van der Waals surface area contributed by atoms with Gasteiger partial charge in [0.1, 0.15) is 5.75 Å². The van der Waals surface area contributed by atoms with Gasteiger partial charge < -0.3 is 10.2 Å². The molecule has 0 amide bonds. The predicted molar refractivity (Wildman–Crippen MR) is 105 cm³/mol. The molecule has 0 aromatic heterocycles. The van der Waals surface area contributed by atoms with Crippen LogP contribution in [0.4, 0.5) is 0 Å². The Morgan fingerprint density at radius 1 is 1.08 bits per heavy atom. The lowest BCUT2D eigenvalue weighted by molar-refractivity contribution is -0.0726. The summed E-state index contributed by atoms with van der Waals surface area (Å²) in [4.78, 5) is 2.42. The van der Waals surface area contributed by atoms with E-state index in [1.807, 2.05) is 18.2 Å². The molecule has 1 aliphatic carbocycles. The number of phenolic OH excluding ortho intramolecular Hbond substituents is 1. The number of likely N-dealkylation sites (tertiary alicyclic amines) is 1. The average molecular weight is 349 g/mol. The fourth-order valence-electron chi connectivity index (χ4n) is 4.85. The van der Waals surface area contributed by atoms with Gasteiger partial charge in [0, 0.05) is 18.0 Å². The summed E-state index contributed by atoms with van der Waals surface area (Å²) in [7, 11) is 0. The van der Waals surface area contributed by atoms with Gasteiger partial charge in [0.25, 0.3) is 0 Å². The van der Waals surface area contributed by atoms with Crippen molar-refractivity contribution < 1.29 is 10.2 Å². The molecule has 1 saturated heterocycles. The lowest BCUT2D eigenvalue weighted by Gasteiger charge is -2.54. The van der Waals surface area contributed by atoms with Crippen molar-refractivity contribution in [1.29, 1.82) is 0 Å². The quantitative estimate of drug-likeness (QED) is 0.878. The first-order valence-electron chi connectivity index (χ1n) is 9.62. The Labute approximate surface area is 155 Å². The fourth-order valence-corrected chi connectivity index (χ4v) is 4.85. The van der Waals surface area contributed by atoms with Crippen LogP contribution in [0.5, 0.6) is 5.75 Å². The summed E-state index contributed by atoms with van der Waals surface area (Å²) in [5.41, 5.74) is 2.10. The number of nitrogens with zero attached hydrogens (tertiary/aromatic N) is 1. The van der Waals surface area contributed by atoms with Crippen LogP contribution in [0.1, 0.15) is 36.8 Å². The van der Waals surface area contributed by atoms with Crippen molar-refractivity contribution >= 4 is 6.08 Å². The highest BCUT2D eigenvalue weighted by Crippen LogP contribution is 2.47. The number of rotatable bonds is 4. The first-order chi connectivity index (χ1) is 12.7. The van der Waals surface area contributed by atoms with Gasteiger partial charge in [-0.2, -0.15) is 0 Å². The van der Waals surface area contributed by atoms with Crippen LogP contribution in [0, 0.1) is 0 Å². The van der Waals surface area contributed by atoms with Crippen LogP contribution in [0.3, 0.4) is 0 Å². The lowest BCUT2D eigenvalue weighted by atomic mass is 9.61. The van der Waals surface area contributed by atoms with E-state index in [9.17, 15) is 10.2 Å². The summed E-state index contributed by atoms with van der Waals surface area (Å²) >= 11 is 0. The van der Waals surface area contributed by atoms with Gasteiger partial charge in [-0.3, -0.25) is 4.90 Å². The van der Waals surface area contributed by atoms with E-state index in [2.05, 4.69) is 47.4 Å². The molecule has 26 heavy (non-hydrogen) atoms. The molecule has 3 nitrogen and oxygen atoms in total. The number of hydrogen-bond donors (Lipinski definition) is 2. The van der Waals surface area contributed by atoms with Gasteiger partial charge in [-0.05, 0) is 49.1 Å². The van der Waals surface area contributed by atoms with Gasteiger partial charge >= 0.3 is 0 Å². The van der Waals surface area contributed by atoms with Crippen molar-refractivity contribution in [3.8, 4) is 5.75 Å². The molecule has 1 heterocycles. The molecule has 0 spiro atoms. The van der Waals surface area contributed by atoms with Crippen LogP contribution < -0.4 is 0 Å². The third kappa shape index (κ3) is 3.17. The third-order valence-corrected chi connectivity index (χ3v) is 6.24. The van der Waals surface area contributed by atoms with Crippen LogP contribution in [0.15, 0.2) is 60.7 Å². The van der Waals surface area contributed by atoms with Crippen molar-refractivity contribution in [2.24, 2.45) is 0 Å². The molecule has 2 fully saturated rings. The molecule has 136 valence electrons. The van der Waals surface area contributed by atoms with Crippen LogP contribution in [0.25, 0.3) is 6.08 Å². The molecule has 4 rings (SSSR count). The van der Waals surface area contributed by atoms with E-state index < -0.39 is 0 Å². The maximum atomic E-state index is 11.2. The normalized spacial score (nSPS) is 29.1. The minimum absolute atomic E-state index is 0.195. The first-order valence-corrected chi connectivity index (χ1v) is 9.62. The maximum Gasteiger partial charge on any atom is 0.115 e.